The minimum absolute atomic E-state index is 0.0401. The maximum absolute atomic E-state index is 12.4. The Labute approximate surface area is 119 Å². The van der Waals surface area contributed by atoms with Gasteiger partial charge < -0.3 is 4.90 Å². The van der Waals surface area contributed by atoms with E-state index in [1.54, 1.807) is 12.1 Å². The third-order valence-corrected chi connectivity index (χ3v) is 3.25. The molecule has 0 radical (unpaired) electrons. The summed E-state index contributed by atoms with van der Waals surface area (Å²) in [5, 5.41) is 0.654. The third kappa shape index (κ3) is 4.18. The number of carbonyl (C=O) groups excluding carboxylic acids is 1. The van der Waals surface area contributed by atoms with Crippen molar-refractivity contribution in [2.75, 3.05) is 19.0 Å². The lowest BCUT2D eigenvalue weighted by Crippen LogP contribution is -2.34. The standard InChI is InChI=1S/C14H19Cl2NO/c1-3-4-8-17(9-7-15)14(18)13-6-5-12(16)10-11(13)2/h5-6,10H,3-4,7-9H2,1-2H3. The smallest absolute Gasteiger partial charge is 0.254 e. The van der Waals surface area contributed by atoms with E-state index >= 15 is 0 Å². The number of halogens is 2. The fraction of sp³-hybridized carbons (Fsp3) is 0.500. The van der Waals surface area contributed by atoms with E-state index in [0.29, 0.717) is 23.0 Å². The van der Waals surface area contributed by atoms with E-state index in [9.17, 15) is 4.79 Å². The number of aryl methyl sites for hydroxylation is 1. The summed E-state index contributed by atoms with van der Waals surface area (Å²) in [4.78, 5) is 14.2. The quantitative estimate of drug-likeness (QED) is 0.721. The first kappa shape index (κ1) is 15.3. The molecule has 1 amide bonds. The van der Waals surface area contributed by atoms with Crippen LogP contribution in [0.5, 0.6) is 0 Å². The molecule has 100 valence electrons. The summed E-state index contributed by atoms with van der Waals surface area (Å²) < 4.78 is 0. The molecule has 0 bridgehead atoms. The van der Waals surface area contributed by atoms with Crippen LogP contribution in [0.2, 0.25) is 5.02 Å². The number of unbranched alkanes of at least 4 members (excludes halogenated alkanes) is 1. The van der Waals surface area contributed by atoms with Gasteiger partial charge in [-0.15, -0.1) is 11.6 Å². The van der Waals surface area contributed by atoms with Crippen LogP contribution >= 0.6 is 23.2 Å². The third-order valence-electron chi connectivity index (χ3n) is 2.84. The topological polar surface area (TPSA) is 20.3 Å². The van der Waals surface area contributed by atoms with Crippen LogP contribution in [0.25, 0.3) is 0 Å². The van der Waals surface area contributed by atoms with Gasteiger partial charge in [0, 0.05) is 29.6 Å². The first-order valence-electron chi connectivity index (χ1n) is 6.21. The van der Waals surface area contributed by atoms with Crippen LogP contribution < -0.4 is 0 Å². The fourth-order valence-electron chi connectivity index (χ4n) is 1.80. The van der Waals surface area contributed by atoms with E-state index < -0.39 is 0 Å². The highest BCUT2D eigenvalue weighted by atomic mass is 35.5. The van der Waals surface area contributed by atoms with Crippen LogP contribution in [0, 0.1) is 6.92 Å². The summed E-state index contributed by atoms with van der Waals surface area (Å²) >= 11 is 11.7. The Hall–Kier alpha value is -0.730. The lowest BCUT2D eigenvalue weighted by Gasteiger charge is -2.22. The molecule has 1 aromatic carbocycles. The van der Waals surface area contributed by atoms with Gasteiger partial charge in [0.15, 0.2) is 0 Å². The van der Waals surface area contributed by atoms with Crippen LogP contribution in [0.3, 0.4) is 0 Å². The van der Waals surface area contributed by atoms with Crippen LogP contribution in [-0.4, -0.2) is 29.8 Å². The zero-order valence-electron chi connectivity index (χ0n) is 10.9. The first-order valence-corrected chi connectivity index (χ1v) is 7.12. The maximum Gasteiger partial charge on any atom is 0.254 e. The van der Waals surface area contributed by atoms with E-state index in [1.165, 1.54) is 0 Å². The van der Waals surface area contributed by atoms with Crippen molar-refractivity contribution >= 4 is 29.1 Å². The predicted molar refractivity (Wildman–Crippen MR) is 77.7 cm³/mol. The summed E-state index contributed by atoms with van der Waals surface area (Å²) in [5.74, 6) is 0.500. The molecule has 0 aliphatic carbocycles. The predicted octanol–water partition coefficient (Wildman–Crippen LogP) is 4.13. The molecule has 0 saturated carbocycles. The van der Waals surface area contributed by atoms with E-state index in [2.05, 4.69) is 6.92 Å². The van der Waals surface area contributed by atoms with Crippen LogP contribution in [0.15, 0.2) is 18.2 Å². The minimum atomic E-state index is 0.0401. The highest BCUT2D eigenvalue weighted by molar-refractivity contribution is 6.30. The Balaban J connectivity index is 2.87. The fourth-order valence-corrected chi connectivity index (χ4v) is 2.23. The van der Waals surface area contributed by atoms with Crippen molar-refractivity contribution in [1.29, 1.82) is 0 Å². The molecule has 0 spiro atoms. The lowest BCUT2D eigenvalue weighted by molar-refractivity contribution is 0.0762. The van der Waals surface area contributed by atoms with Gasteiger partial charge in [0.2, 0.25) is 0 Å². The molecule has 1 aromatic rings. The van der Waals surface area contributed by atoms with Crippen molar-refractivity contribution in [2.45, 2.75) is 26.7 Å². The zero-order valence-corrected chi connectivity index (χ0v) is 12.4. The van der Waals surface area contributed by atoms with Gasteiger partial charge >= 0.3 is 0 Å². The van der Waals surface area contributed by atoms with Crippen LogP contribution in [0.1, 0.15) is 35.7 Å². The molecule has 4 heteroatoms. The van der Waals surface area contributed by atoms with E-state index in [0.717, 1.165) is 24.9 Å². The normalized spacial score (nSPS) is 10.4. The summed E-state index contributed by atoms with van der Waals surface area (Å²) in [6, 6.07) is 5.35. The molecule has 0 unspecified atom stereocenters. The van der Waals surface area contributed by atoms with Gasteiger partial charge in [-0.25, -0.2) is 0 Å². The zero-order chi connectivity index (χ0) is 13.5. The Morgan fingerprint density at radius 3 is 2.61 bits per heavy atom. The molecule has 0 heterocycles. The minimum Gasteiger partial charge on any atom is -0.337 e. The first-order chi connectivity index (χ1) is 8.60. The second-order valence-electron chi connectivity index (χ2n) is 4.29. The summed E-state index contributed by atoms with van der Waals surface area (Å²) in [6.07, 6.45) is 2.06. The van der Waals surface area contributed by atoms with Crippen molar-refractivity contribution in [1.82, 2.24) is 4.90 Å². The number of amides is 1. The average molecular weight is 288 g/mol. The molecule has 0 aliphatic rings. The summed E-state index contributed by atoms with van der Waals surface area (Å²) in [6.45, 7) is 5.35. The molecule has 2 nitrogen and oxygen atoms in total. The Morgan fingerprint density at radius 2 is 2.06 bits per heavy atom. The largest absolute Gasteiger partial charge is 0.337 e. The van der Waals surface area contributed by atoms with Gasteiger partial charge in [-0.05, 0) is 37.1 Å². The molecule has 0 aliphatic heterocycles. The second-order valence-corrected chi connectivity index (χ2v) is 5.11. The highest BCUT2D eigenvalue weighted by Gasteiger charge is 2.16. The Kier molecular flexibility index (Phi) is 6.51. The van der Waals surface area contributed by atoms with Gasteiger partial charge in [0.25, 0.3) is 5.91 Å². The molecule has 1 rings (SSSR count). The van der Waals surface area contributed by atoms with Gasteiger partial charge in [0.05, 0.1) is 0 Å². The van der Waals surface area contributed by atoms with Crippen LogP contribution in [0.4, 0.5) is 0 Å². The number of rotatable bonds is 6. The molecular formula is C14H19Cl2NO. The number of nitrogens with zero attached hydrogens (tertiary/aromatic N) is 1. The average Bonchev–Trinajstić information content (AvgIpc) is 2.33. The van der Waals surface area contributed by atoms with Crippen molar-refractivity contribution < 1.29 is 4.79 Å². The number of hydrogen-bond donors (Lipinski definition) is 0. The molecule has 0 fully saturated rings. The van der Waals surface area contributed by atoms with E-state index in [1.807, 2.05) is 17.9 Å². The van der Waals surface area contributed by atoms with E-state index in [4.69, 9.17) is 23.2 Å². The highest BCUT2D eigenvalue weighted by Crippen LogP contribution is 2.17. The molecule has 0 N–H and O–H groups in total. The Morgan fingerprint density at radius 1 is 1.33 bits per heavy atom. The van der Waals surface area contributed by atoms with Crippen molar-refractivity contribution in [3.63, 3.8) is 0 Å². The van der Waals surface area contributed by atoms with Gasteiger partial charge in [-0.3, -0.25) is 4.79 Å². The molecule has 0 atom stereocenters. The number of hydrogen-bond acceptors (Lipinski definition) is 1. The van der Waals surface area contributed by atoms with Gasteiger partial charge in [-0.1, -0.05) is 24.9 Å². The van der Waals surface area contributed by atoms with Gasteiger partial charge in [-0.2, -0.15) is 0 Å². The van der Waals surface area contributed by atoms with Crippen molar-refractivity contribution in [2.24, 2.45) is 0 Å². The maximum atomic E-state index is 12.4. The van der Waals surface area contributed by atoms with Crippen molar-refractivity contribution in [3.05, 3.63) is 34.3 Å². The van der Waals surface area contributed by atoms with Gasteiger partial charge in [0.1, 0.15) is 0 Å². The molecule has 18 heavy (non-hydrogen) atoms. The summed E-state index contributed by atoms with van der Waals surface area (Å²) in [7, 11) is 0. The number of benzene rings is 1. The monoisotopic (exact) mass is 287 g/mol. The Bertz CT molecular complexity index is 407. The van der Waals surface area contributed by atoms with E-state index in [-0.39, 0.29) is 5.91 Å². The second kappa shape index (κ2) is 7.65. The lowest BCUT2D eigenvalue weighted by atomic mass is 10.1. The molecule has 0 aromatic heterocycles. The number of carbonyl (C=O) groups is 1. The number of alkyl halides is 1. The van der Waals surface area contributed by atoms with Crippen LogP contribution in [-0.2, 0) is 0 Å². The summed E-state index contributed by atoms with van der Waals surface area (Å²) in [5.41, 5.74) is 1.61. The SMILES string of the molecule is CCCCN(CCCl)C(=O)c1ccc(Cl)cc1C. The molecular weight excluding hydrogens is 269 g/mol. The molecule has 0 saturated heterocycles. The van der Waals surface area contributed by atoms with Crippen molar-refractivity contribution in [3.8, 4) is 0 Å².